The van der Waals surface area contributed by atoms with E-state index in [0.29, 0.717) is 39.1 Å². The minimum atomic E-state index is -4.61. The Morgan fingerprint density at radius 2 is 1.80 bits per heavy atom. The highest BCUT2D eigenvalue weighted by molar-refractivity contribution is 6.07. The molecule has 0 bridgehead atoms. The number of carbonyl (C=O) groups is 1. The van der Waals surface area contributed by atoms with Gasteiger partial charge in [0.05, 0.1) is 11.4 Å². The Kier molecular flexibility index (Phi) is 5.25. The van der Waals surface area contributed by atoms with Crippen LogP contribution < -0.4 is 21.1 Å². The zero-order valence-electron chi connectivity index (χ0n) is 17.6. The fourth-order valence-corrected chi connectivity index (χ4v) is 3.52. The van der Waals surface area contributed by atoms with Gasteiger partial charge < -0.3 is 20.4 Å². The van der Waals surface area contributed by atoms with Crippen LogP contribution in [0.25, 0.3) is 21.9 Å². The van der Waals surface area contributed by atoms with Gasteiger partial charge in [-0.1, -0.05) is 36.4 Å². The Morgan fingerprint density at radius 1 is 1.00 bits per heavy atom. The van der Waals surface area contributed by atoms with E-state index in [1.807, 2.05) is 6.07 Å². The number of imidazole rings is 1. The summed E-state index contributed by atoms with van der Waals surface area (Å²) in [5, 5.41) is 6.28. The monoisotopic (exact) mass is 477 g/mol. The van der Waals surface area contributed by atoms with Gasteiger partial charge >= 0.3 is 17.9 Å². The number of nitrogens with one attached hydrogen (secondary N) is 4. The molecule has 0 saturated heterocycles. The van der Waals surface area contributed by atoms with Crippen LogP contribution >= 0.6 is 0 Å². The molecule has 5 aromatic rings. The van der Waals surface area contributed by atoms with Crippen LogP contribution in [0, 0.1) is 12.1 Å². The summed E-state index contributed by atoms with van der Waals surface area (Å²) in [5.74, 6) is 0.818. The largest absolute Gasteiger partial charge is 0.454 e. The first kappa shape index (κ1) is 21.8. The van der Waals surface area contributed by atoms with Gasteiger partial charge in [-0.3, -0.25) is 4.98 Å². The first-order valence-electron chi connectivity index (χ1n) is 10.1. The van der Waals surface area contributed by atoms with Crippen molar-refractivity contribution < 1.29 is 22.7 Å². The molecule has 4 N–H and O–H groups in total. The zero-order valence-corrected chi connectivity index (χ0v) is 17.6. The average molecular weight is 477 g/mol. The second kappa shape index (κ2) is 8.42. The van der Waals surface area contributed by atoms with Crippen molar-refractivity contribution in [3.05, 3.63) is 89.0 Å². The van der Waals surface area contributed by atoms with Gasteiger partial charge in [0, 0.05) is 29.1 Å². The Bertz CT molecular complexity index is 1620. The molecule has 2 aromatic heterocycles. The minimum absolute atomic E-state index is 0.0833. The molecule has 0 aliphatic rings. The second-order valence-electron chi connectivity index (χ2n) is 7.37. The number of alkyl halides is 3. The van der Waals surface area contributed by atoms with E-state index in [-0.39, 0.29) is 5.69 Å². The summed E-state index contributed by atoms with van der Waals surface area (Å²) in [6, 6.07) is 17.4. The number of H-pyrrole nitrogens is 2. The van der Waals surface area contributed by atoms with Crippen LogP contribution in [0.2, 0.25) is 0 Å². The number of amides is 2. The predicted molar refractivity (Wildman–Crippen MR) is 122 cm³/mol. The van der Waals surface area contributed by atoms with Crippen LogP contribution in [0.3, 0.4) is 0 Å². The molecular formula is C24H14F3N5O3. The number of rotatable bonds is 4. The highest BCUT2D eigenvalue weighted by Crippen LogP contribution is 2.36. The fraction of sp³-hybridized carbons (Fsp3) is 0.0417. The number of ether oxygens (including phenoxy) is 1. The lowest BCUT2D eigenvalue weighted by molar-refractivity contribution is -0.137. The Morgan fingerprint density at radius 3 is 2.60 bits per heavy atom. The Balaban J connectivity index is 1.42. The summed E-state index contributed by atoms with van der Waals surface area (Å²) < 4.78 is 44.7. The van der Waals surface area contributed by atoms with Crippen molar-refractivity contribution in [1.29, 1.82) is 0 Å². The van der Waals surface area contributed by atoms with E-state index in [1.54, 1.807) is 42.5 Å². The number of halogens is 3. The minimum Gasteiger partial charge on any atom is -0.454 e. The molecule has 0 aliphatic carbocycles. The highest BCUT2D eigenvalue weighted by atomic mass is 19.4. The van der Waals surface area contributed by atoms with Crippen molar-refractivity contribution in [2.24, 2.45) is 0 Å². The number of benzene rings is 2. The van der Waals surface area contributed by atoms with E-state index in [2.05, 4.69) is 31.7 Å². The number of hydrogen-bond donors (Lipinski definition) is 4. The summed E-state index contributed by atoms with van der Waals surface area (Å²) >= 11 is 0. The maximum absolute atomic E-state index is 12.9. The highest BCUT2D eigenvalue weighted by Gasteiger charge is 2.31. The van der Waals surface area contributed by atoms with Crippen LogP contribution in [0.15, 0.2) is 65.6 Å². The topological polar surface area (TPSA) is 112 Å². The van der Waals surface area contributed by atoms with Crippen molar-refractivity contribution in [3.8, 4) is 11.5 Å². The molecule has 3 aromatic carbocycles. The molecule has 0 unspecified atom stereocenters. The smallest absolute Gasteiger partial charge is 0.424 e. The van der Waals surface area contributed by atoms with Gasteiger partial charge in [0.1, 0.15) is 16.8 Å². The Labute approximate surface area is 194 Å². The summed E-state index contributed by atoms with van der Waals surface area (Å²) in [4.78, 5) is 33.4. The second-order valence-corrected chi connectivity index (χ2v) is 7.37. The van der Waals surface area contributed by atoms with E-state index in [9.17, 15) is 22.8 Å². The van der Waals surface area contributed by atoms with Gasteiger partial charge in [-0.2, -0.15) is 13.2 Å². The molecule has 0 radical (unpaired) electrons. The summed E-state index contributed by atoms with van der Waals surface area (Å²) in [5.41, 5.74) is -0.399. The number of aromatic amines is 2. The van der Waals surface area contributed by atoms with Gasteiger partial charge in [0.2, 0.25) is 0 Å². The fourth-order valence-electron chi connectivity index (χ4n) is 3.52. The summed E-state index contributed by atoms with van der Waals surface area (Å²) in [7, 11) is 0. The number of urea groups is 1. The maximum Gasteiger partial charge on any atom is 0.424 e. The molecule has 0 saturated carbocycles. The van der Waals surface area contributed by atoms with Gasteiger partial charge in [0.25, 0.3) is 0 Å². The van der Waals surface area contributed by atoms with Gasteiger partial charge in [0.15, 0.2) is 11.4 Å². The van der Waals surface area contributed by atoms with Crippen molar-refractivity contribution in [3.63, 3.8) is 0 Å². The quantitative estimate of drug-likeness (QED) is 0.275. The van der Waals surface area contributed by atoms with E-state index >= 15 is 0 Å². The zero-order chi connectivity index (χ0) is 24.6. The lowest BCUT2D eigenvalue weighted by Gasteiger charge is -2.14. The molecule has 0 aliphatic heterocycles. The van der Waals surface area contributed by atoms with Gasteiger partial charge in [-0.25, -0.2) is 14.6 Å². The van der Waals surface area contributed by atoms with Crippen LogP contribution in [-0.4, -0.2) is 21.0 Å². The summed E-state index contributed by atoms with van der Waals surface area (Å²) in [6.07, 6.45) is -3.11. The number of carbonyl (C=O) groups excluding carboxylic acids is 1. The van der Waals surface area contributed by atoms with E-state index in [1.165, 1.54) is 12.3 Å². The van der Waals surface area contributed by atoms with Crippen molar-refractivity contribution >= 4 is 39.3 Å². The van der Waals surface area contributed by atoms with Crippen LogP contribution in [0.4, 0.5) is 29.3 Å². The van der Waals surface area contributed by atoms with Gasteiger partial charge in [-0.15, -0.1) is 0 Å². The summed E-state index contributed by atoms with van der Waals surface area (Å²) in [6.45, 7) is 0. The first-order valence-corrected chi connectivity index (χ1v) is 10.1. The molecular weight excluding hydrogens is 463 g/mol. The standard InChI is InChI=1S/C24H14F3N5O3/c25-24(26,27)13-4-3-5-14(12-13)29-22(33)30-17-8-9-18(16-7-2-1-6-15(16)17)35-19-10-11-28-21-20(19)31-23(34)32-21/h1-2,5-12H,(H2,29,30,33)(H2,28,31,32,34). The molecule has 2 heterocycles. The van der Waals surface area contributed by atoms with Crippen LogP contribution in [0.1, 0.15) is 5.56 Å². The molecule has 8 nitrogen and oxygen atoms in total. The van der Waals surface area contributed by atoms with Gasteiger partial charge in [-0.05, 0) is 18.2 Å². The SMILES string of the molecule is O=C(Nc1cc#cc(C(F)(F)F)c1)Nc1ccc(Oc2ccnc3[nH]c(=O)[nH]c23)c2ccccc12. The maximum atomic E-state index is 12.9. The third-order valence-corrected chi connectivity index (χ3v) is 5.03. The van der Waals surface area contributed by atoms with E-state index < -0.39 is 23.5 Å². The first-order chi connectivity index (χ1) is 16.8. The number of hydrogen-bond acceptors (Lipinski definition) is 4. The van der Waals surface area contributed by atoms with Crippen LogP contribution in [-0.2, 0) is 6.18 Å². The van der Waals surface area contributed by atoms with E-state index in [0.717, 1.165) is 6.07 Å². The number of aromatic nitrogens is 3. The number of fused-ring (bicyclic) bond motifs is 2. The predicted octanol–water partition coefficient (Wildman–Crippen LogP) is 5.46. The van der Waals surface area contributed by atoms with Crippen molar-refractivity contribution in [2.75, 3.05) is 10.6 Å². The van der Waals surface area contributed by atoms with Crippen molar-refractivity contribution in [1.82, 2.24) is 15.0 Å². The Hall–Kier alpha value is -4.98. The van der Waals surface area contributed by atoms with Crippen LogP contribution in [0.5, 0.6) is 11.5 Å². The third-order valence-electron chi connectivity index (χ3n) is 5.03. The molecule has 35 heavy (non-hydrogen) atoms. The average Bonchev–Trinajstić information content (AvgIpc) is 3.21. The molecule has 5 rings (SSSR count). The number of anilines is 2. The molecule has 174 valence electrons. The molecule has 0 spiro atoms. The molecule has 2 amide bonds. The molecule has 0 fully saturated rings. The molecule has 0 atom stereocenters. The number of nitrogens with zero attached hydrogens (tertiary/aromatic N) is 1. The molecule has 11 heteroatoms. The lowest BCUT2D eigenvalue weighted by atomic mass is 10.1. The third kappa shape index (κ3) is 4.45. The normalized spacial score (nSPS) is 11.3. The lowest BCUT2D eigenvalue weighted by Crippen LogP contribution is -2.20. The number of pyridine rings is 1. The van der Waals surface area contributed by atoms with Crippen molar-refractivity contribution in [2.45, 2.75) is 6.18 Å². The van der Waals surface area contributed by atoms with E-state index in [4.69, 9.17) is 4.74 Å².